The fourth-order valence-electron chi connectivity index (χ4n) is 0.655. The van der Waals surface area contributed by atoms with E-state index in [1.807, 2.05) is 31.6 Å². The monoisotopic (exact) mass is 155 g/mol. The first-order valence-electron chi connectivity index (χ1n) is 4.25. The van der Waals surface area contributed by atoms with Crippen molar-refractivity contribution >= 4 is 0 Å². The maximum Gasteiger partial charge on any atom is 0.0824 e. The molecule has 1 rings (SSSR count). The molecule has 0 aliphatic carbocycles. The van der Waals surface area contributed by atoms with E-state index >= 15 is 0 Å². The Morgan fingerprint density at radius 3 is 2.27 bits per heavy atom. The van der Waals surface area contributed by atoms with Crippen LogP contribution in [0.4, 0.5) is 0 Å². The van der Waals surface area contributed by atoms with E-state index in [4.69, 9.17) is 0 Å². The van der Waals surface area contributed by atoms with Crippen LogP contribution in [-0.4, -0.2) is 15.0 Å². The summed E-state index contributed by atoms with van der Waals surface area (Å²) in [6.45, 7) is 9.03. The second-order valence-electron chi connectivity index (χ2n) is 1.92. The van der Waals surface area contributed by atoms with Gasteiger partial charge < -0.3 is 0 Å². The van der Waals surface area contributed by atoms with Gasteiger partial charge in [0.25, 0.3) is 0 Å². The zero-order valence-corrected chi connectivity index (χ0v) is 7.83. The molecule has 0 saturated heterocycles. The Morgan fingerprint density at radius 1 is 1.36 bits per heavy atom. The van der Waals surface area contributed by atoms with Crippen LogP contribution >= 0.6 is 0 Å². The van der Waals surface area contributed by atoms with Crippen LogP contribution in [0.25, 0.3) is 0 Å². The smallest absolute Gasteiger partial charge is 0.0824 e. The molecule has 0 aromatic carbocycles. The predicted octanol–water partition coefficient (Wildman–Crippen LogP) is 1.89. The number of rotatable bonds is 2. The molecule has 11 heavy (non-hydrogen) atoms. The highest BCUT2D eigenvalue weighted by atomic mass is 15.4. The van der Waals surface area contributed by atoms with E-state index in [-0.39, 0.29) is 0 Å². The van der Waals surface area contributed by atoms with E-state index in [2.05, 4.69) is 17.2 Å². The molecular formula is C8H17N3. The highest BCUT2D eigenvalue weighted by molar-refractivity contribution is 4.90. The Bertz CT molecular complexity index is 163. The summed E-state index contributed by atoms with van der Waals surface area (Å²) in [7, 11) is 0. The maximum absolute atomic E-state index is 3.92. The third kappa shape index (κ3) is 3.16. The predicted molar refractivity (Wildman–Crippen MR) is 46.4 cm³/mol. The van der Waals surface area contributed by atoms with Gasteiger partial charge in [0.05, 0.1) is 5.69 Å². The molecule has 0 amide bonds. The minimum Gasteiger partial charge on any atom is -0.253 e. The summed E-state index contributed by atoms with van der Waals surface area (Å²) in [4.78, 5) is 0. The lowest BCUT2D eigenvalue weighted by Crippen LogP contribution is -1.93. The normalized spacial score (nSPS) is 8.73. The van der Waals surface area contributed by atoms with Gasteiger partial charge in [0, 0.05) is 12.7 Å². The van der Waals surface area contributed by atoms with Crippen molar-refractivity contribution in [1.29, 1.82) is 0 Å². The minimum absolute atomic E-state index is 0.910. The second-order valence-corrected chi connectivity index (χ2v) is 1.92. The van der Waals surface area contributed by atoms with Crippen molar-refractivity contribution in [3.8, 4) is 0 Å². The molecule has 3 heteroatoms. The van der Waals surface area contributed by atoms with Crippen LogP contribution in [0, 0.1) is 0 Å². The summed E-state index contributed by atoms with van der Waals surface area (Å²) in [5.41, 5.74) is 1.07. The van der Waals surface area contributed by atoms with E-state index in [0.717, 1.165) is 18.7 Å². The largest absolute Gasteiger partial charge is 0.253 e. The van der Waals surface area contributed by atoms with Crippen molar-refractivity contribution in [2.45, 2.75) is 40.7 Å². The first-order valence-corrected chi connectivity index (χ1v) is 4.25. The quantitative estimate of drug-likeness (QED) is 0.653. The fraction of sp³-hybridized carbons (Fsp3) is 0.750. The molecule has 0 N–H and O–H groups in total. The molecule has 0 aliphatic heterocycles. The summed E-state index contributed by atoms with van der Waals surface area (Å²) >= 11 is 0. The van der Waals surface area contributed by atoms with Gasteiger partial charge in [-0.1, -0.05) is 26.0 Å². The van der Waals surface area contributed by atoms with Crippen molar-refractivity contribution in [1.82, 2.24) is 15.0 Å². The van der Waals surface area contributed by atoms with Crippen LogP contribution in [0.2, 0.25) is 0 Å². The van der Waals surface area contributed by atoms with Crippen molar-refractivity contribution in [2.24, 2.45) is 0 Å². The molecule has 0 saturated carbocycles. The molecule has 64 valence electrons. The molecule has 1 aromatic rings. The standard InChI is InChI=1S/C6H11N3.C2H6/c1-3-6-5-9(4-2)8-7-6;1-2/h5H,3-4H2,1-2H3;1-2H3. The Balaban J connectivity index is 0.000000461. The molecule has 0 bridgehead atoms. The molecule has 0 fully saturated rings. The van der Waals surface area contributed by atoms with Gasteiger partial charge in [-0.2, -0.15) is 0 Å². The summed E-state index contributed by atoms with van der Waals surface area (Å²) in [6, 6.07) is 0. The zero-order chi connectivity index (χ0) is 8.69. The summed E-state index contributed by atoms with van der Waals surface area (Å²) in [5.74, 6) is 0. The molecule has 0 atom stereocenters. The molecular weight excluding hydrogens is 138 g/mol. The highest BCUT2D eigenvalue weighted by Crippen LogP contribution is 1.91. The van der Waals surface area contributed by atoms with Crippen molar-refractivity contribution in [2.75, 3.05) is 0 Å². The van der Waals surface area contributed by atoms with E-state index in [1.54, 1.807) is 0 Å². The van der Waals surface area contributed by atoms with Crippen molar-refractivity contribution in [3.05, 3.63) is 11.9 Å². The first-order chi connectivity index (χ1) is 5.36. The van der Waals surface area contributed by atoms with E-state index in [1.165, 1.54) is 0 Å². The van der Waals surface area contributed by atoms with Gasteiger partial charge in [-0.15, -0.1) is 5.10 Å². The summed E-state index contributed by atoms with van der Waals surface area (Å²) < 4.78 is 1.83. The zero-order valence-electron chi connectivity index (χ0n) is 7.83. The number of aryl methyl sites for hydroxylation is 2. The van der Waals surface area contributed by atoms with Crippen LogP contribution < -0.4 is 0 Å². The SMILES string of the molecule is CC.CCc1cn(CC)nn1. The molecule has 3 nitrogen and oxygen atoms in total. The van der Waals surface area contributed by atoms with Crippen molar-refractivity contribution < 1.29 is 0 Å². The van der Waals surface area contributed by atoms with Crippen LogP contribution in [0.5, 0.6) is 0 Å². The third-order valence-electron chi connectivity index (χ3n) is 1.27. The van der Waals surface area contributed by atoms with Gasteiger partial charge in [-0.25, -0.2) is 0 Å². The van der Waals surface area contributed by atoms with E-state index in [9.17, 15) is 0 Å². The number of nitrogens with zero attached hydrogens (tertiary/aromatic N) is 3. The van der Waals surface area contributed by atoms with Gasteiger partial charge in [-0.05, 0) is 13.3 Å². The van der Waals surface area contributed by atoms with Crippen LogP contribution in [0.15, 0.2) is 6.20 Å². The lowest BCUT2D eigenvalue weighted by molar-refractivity contribution is 0.626. The molecule has 1 heterocycles. The Morgan fingerprint density at radius 2 is 2.00 bits per heavy atom. The Hall–Kier alpha value is -0.860. The third-order valence-corrected chi connectivity index (χ3v) is 1.27. The second kappa shape index (κ2) is 5.89. The summed E-state index contributed by atoms with van der Waals surface area (Å²) in [5, 5.41) is 7.79. The van der Waals surface area contributed by atoms with Crippen LogP contribution in [-0.2, 0) is 13.0 Å². The minimum atomic E-state index is 0.910. The molecule has 0 unspecified atom stereocenters. The summed E-state index contributed by atoms with van der Waals surface area (Å²) in [6.07, 6.45) is 2.94. The van der Waals surface area contributed by atoms with Crippen LogP contribution in [0.3, 0.4) is 0 Å². The topological polar surface area (TPSA) is 30.7 Å². The average Bonchev–Trinajstić information content (AvgIpc) is 2.55. The van der Waals surface area contributed by atoms with Gasteiger partial charge in [0.2, 0.25) is 0 Å². The van der Waals surface area contributed by atoms with Crippen molar-refractivity contribution in [3.63, 3.8) is 0 Å². The number of hydrogen-bond acceptors (Lipinski definition) is 2. The van der Waals surface area contributed by atoms with Gasteiger partial charge in [0.1, 0.15) is 0 Å². The average molecular weight is 155 g/mol. The number of aromatic nitrogens is 3. The molecule has 0 spiro atoms. The van der Waals surface area contributed by atoms with Gasteiger partial charge in [0.15, 0.2) is 0 Å². The fourth-order valence-corrected chi connectivity index (χ4v) is 0.655. The lowest BCUT2D eigenvalue weighted by atomic mass is 10.4. The Labute approximate surface area is 68.4 Å². The molecule has 0 radical (unpaired) electrons. The Kier molecular flexibility index (Phi) is 5.43. The van der Waals surface area contributed by atoms with E-state index in [0.29, 0.717) is 0 Å². The number of hydrogen-bond donors (Lipinski definition) is 0. The first kappa shape index (κ1) is 10.1. The molecule has 0 aliphatic rings. The van der Waals surface area contributed by atoms with Gasteiger partial charge >= 0.3 is 0 Å². The van der Waals surface area contributed by atoms with E-state index < -0.39 is 0 Å². The lowest BCUT2D eigenvalue weighted by Gasteiger charge is -1.86. The van der Waals surface area contributed by atoms with Crippen LogP contribution in [0.1, 0.15) is 33.4 Å². The van der Waals surface area contributed by atoms with Gasteiger partial charge in [-0.3, -0.25) is 4.68 Å². The maximum atomic E-state index is 3.92. The molecule has 1 aromatic heterocycles. The highest BCUT2D eigenvalue weighted by Gasteiger charge is 1.92.